The van der Waals surface area contributed by atoms with E-state index in [0.29, 0.717) is 21.4 Å². The van der Waals surface area contributed by atoms with Gasteiger partial charge in [-0.15, -0.1) is 0 Å². The predicted octanol–water partition coefficient (Wildman–Crippen LogP) is 5.57. The Morgan fingerprint density at radius 3 is 2.16 bits per heavy atom. The Bertz CT molecular complexity index is 1090. The summed E-state index contributed by atoms with van der Waals surface area (Å²) in [6.45, 7) is 1.52. The monoisotopic (exact) mass is 456 g/mol. The Morgan fingerprint density at radius 2 is 1.58 bits per heavy atom. The van der Waals surface area contributed by atoms with Crippen LogP contribution in [0.3, 0.4) is 0 Å². The van der Waals surface area contributed by atoms with Crippen LogP contribution in [0.15, 0.2) is 72.8 Å². The van der Waals surface area contributed by atoms with Gasteiger partial charge in [0.15, 0.2) is 0 Å². The highest BCUT2D eigenvalue weighted by Gasteiger charge is 2.14. The van der Waals surface area contributed by atoms with Gasteiger partial charge in [-0.1, -0.05) is 71.7 Å². The molecule has 0 bridgehead atoms. The fourth-order valence-corrected chi connectivity index (χ4v) is 3.09. The Morgan fingerprint density at radius 1 is 0.968 bits per heavy atom. The first-order valence-corrected chi connectivity index (χ1v) is 9.95. The van der Waals surface area contributed by atoms with Gasteiger partial charge in [0.2, 0.25) is 5.91 Å². The number of hydrogen-bond donors (Lipinski definition) is 3. The summed E-state index contributed by atoms with van der Waals surface area (Å²) in [4.78, 5) is 23.5. The number of benzene rings is 3. The Balaban J connectivity index is 0.000000245. The average Bonchev–Trinajstić information content (AvgIpc) is 2.75. The fourth-order valence-electron chi connectivity index (χ4n) is 2.63. The van der Waals surface area contributed by atoms with E-state index in [4.69, 9.17) is 34.3 Å². The van der Waals surface area contributed by atoms with Crippen molar-refractivity contribution in [2.75, 3.05) is 17.3 Å². The van der Waals surface area contributed by atoms with Crippen LogP contribution in [0.4, 0.5) is 16.2 Å². The summed E-state index contributed by atoms with van der Waals surface area (Å²) in [6.07, 6.45) is 0. The maximum absolute atomic E-state index is 11.5. The van der Waals surface area contributed by atoms with E-state index in [1.165, 1.54) is 13.0 Å². The highest BCUT2D eigenvalue weighted by atomic mass is 35.5. The molecule has 0 aliphatic heterocycles. The van der Waals surface area contributed by atoms with E-state index in [1.807, 2.05) is 54.6 Å². The first-order chi connectivity index (χ1) is 14.7. The summed E-state index contributed by atoms with van der Waals surface area (Å²) < 4.78 is 0. The zero-order valence-electron chi connectivity index (χ0n) is 17.0. The van der Waals surface area contributed by atoms with Crippen molar-refractivity contribution in [1.29, 1.82) is 5.41 Å². The van der Waals surface area contributed by atoms with Crippen LogP contribution >= 0.6 is 23.2 Å². The minimum atomic E-state index is -0.653. The molecule has 0 unspecified atom stereocenters. The maximum atomic E-state index is 11.5. The van der Waals surface area contributed by atoms with Gasteiger partial charge in [0.1, 0.15) is 0 Å². The van der Waals surface area contributed by atoms with Gasteiger partial charge < -0.3 is 16.0 Å². The van der Waals surface area contributed by atoms with Crippen molar-refractivity contribution in [3.05, 3.63) is 94.0 Å². The summed E-state index contributed by atoms with van der Waals surface area (Å²) >= 11 is 11.3. The number of halogens is 2. The number of anilines is 2. The van der Waals surface area contributed by atoms with Gasteiger partial charge in [0, 0.05) is 30.1 Å². The van der Waals surface area contributed by atoms with Crippen LogP contribution in [0, 0.1) is 5.41 Å². The molecule has 4 N–H and O–H groups in total. The highest BCUT2D eigenvalue weighted by Crippen LogP contribution is 2.25. The molecule has 3 aromatic rings. The third kappa shape index (κ3) is 6.84. The van der Waals surface area contributed by atoms with Crippen molar-refractivity contribution in [2.24, 2.45) is 5.73 Å². The zero-order valence-corrected chi connectivity index (χ0v) is 18.5. The van der Waals surface area contributed by atoms with Crippen LogP contribution in [-0.4, -0.2) is 24.7 Å². The lowest BCUT2D eigenvalue weighted by Gasteiger charge is -2.19. The van der Waals surface area contributed by atoms with Crippen molar-refractivity contribution < 1.29 is 9.59 Å². The number of carbonyl (C=O) groups is 2. The van der Waals surface area contributed by atoms with Gasteiger partial charge in [-0.2, -0.15) is 0 Å². The highest BCUT2D eigenvalue weighted by molar-refractivity contribution is 6.36. The third-order valence-corrected chi connectivity index (χ3v) is 4.81. The average molecular weight is 457 g/mol. The van der Waals surface area contributed by atoms with E-state index in [2.05, 4.69) is 5.32 Å². The summed E-state index contributed by atoms with van der Waals surface area (Å²) in [5.74, 6) is -0.0479. The quantitative estimate of drug-likeness (QED) is 0.447. The van der Waals surface area contributed by atoms with E-state index in [0.717, 1.165) is 16.8 Å². The molecular formula is C23H22Cl2N4O2. The lowest BCUT2D eigenvalue weighted by Crippen LogP contribution is -2.25. The second-order valence-corrected chi connectivity index (χ2v) is 7.29. The van der Waals surface area contributed by atoms with Gasteiger partial charge >= 0.3 is 6.03 Å². The third-order valence-electron chi connectivity index (χ3n) is 4.26. The molecule has 0 saturated carbocycles. The molecule has 3 aromatic carbocycles. The number of nitrogens with zero attached hydrogens (tertiary/aromatic N) is 1. The van der Waals surface area contributed by atoms with E-state index in [9.17, 15) is 9.59 Å². The van der Waals surface area contributed by atoms with Gasteiger partial charge in [-0.25, -0.2) is 4.79 Å². The van der Waals surface area contributed by atoms with Gasteiger partial charge in [-0.05, 0) is 24.3 Å². The lowest BCUT2D eigenvalue weighted by molar-refractivity contribution is -0.116. The van der Waals surface area contributed by atoms with Crippen LogP contribution in [0.25, 0.3) is 0 Å². The number of hydrogen-bond acceptors (Lipinski definition) is 3. The molecule has 0 fully saturated rings. The summed E-state index contributed by atoms with van der Waals surface area (Å²) in [7, 11) is 1.72. The topological polar surface area (TPSA) is 99.3 Å². The summed E-state index contributed by atoms with van der Waals surface area (Å²) in [5, 5.41) is 11.5. The van der Waals surface area contributed by atoms with Gasteiger partial charge in [-0.3, -0.25) is 10.2 Å². The standard InChI is InChI=1S/C16H16N2O.C7H6Cl2N2O/c1-12(19)18(2)15-11-7-6-10-14(15)16(17)13-8-4-3-5-9-13;8-4-1-2-6(5(9)3-4)11-7(10)12/h3-11,17H,1-2H3;1-3H,(H3,10,11,12). The SMILES string of the molecule is CC(=O)N(C)c1ccccc1C(=N)c1ccccc1.NC(=O)Nc1ccc(Cl)cc1Cl. The Kier molecular flexibility index (Phi) is 8.61. The Hall–Kier alpha value is -3.35. The Labute approximate surface area is 191 Å². The molecule has 8 heteroatoms. The maximum Gasteiger partial charge on any atom is 0.316 e. The van der Waals surface area contributed by atoms with Crippen molar-refractivity contribution in [1.82, 2.24) is 0 Å². The van der Waals surface area contributed by atoms with Crippen LogP contribution in [0.2, 0.25) is 10.0 Å². The molecule has 6 nitrogen and oxygen atoms in total. The minimum Gasteiger partial charge on any atom is -0.351 e. The first-order valence-electron chi connectivity index (χ1n) is 9.20. The number of urea groups is 1. The number of nitrogens with two attached hydrogens (primary N) is 1. The van der Waals surface area contributed by atoms with E-state index in [1.54, 1.807) is 24.1 Å². The molecule has 0 atom stereocenters. The molecule has 3 rings (SSSR count). The van der Waals surface area contributed by atoms with E-state index >= 15 is 0 Å². The lowest BCUT2D eigenvalue weighted by atomic mass is 10.0. The van der Waals surface area contributed by atoms with E-state index < -0.39 is 6.03 Å². The van der Waals surface area contributed by atoms with Crippen molar-refractivity contribution in [3.63, 3.8) is 0 Å². The van der Waals surface area contributed by atoms with Crippen LogP contribution in [-0.2, 0) is 4.79 Å². The number of para-hydroxylation sites is 1. The number of nitrogens with one attached hydrogen (secondary N) is 2. The summed E-state index contributed by atoms with van der Waals surface area (Å²) in [6, 6.07) is 21.0. The van der Waals surface area contributed by atoms with Crippen LogP contribution in [0.1, 0.15) is 18.1 Å². The molecule has 0 aromatic heterocycles. The predicted molar refractivity (Wildman–Crippen MR) is 128 cm³/mol. The second-order valence-electron chi connectivity index (χ2n) is 6.45. The zero-order chi connectivity index (χ0) is 23.0. The molecule has 160 valence electrons. The number of carbonyl (C=O) groups excluding carboxylic acids is 2. The minimum absolute atomic E-state index is 0.0479. The molecule has 0 saturated heterocycles. The molecular weight excluding hydrogens is 435 g/mol. The normalized spacial score (nSPS) is 9.81. The molecule has 0 radical (unpaired) electrons. The fraction of sp³-hybridized carbons (Fsp3) is 0.0870. The van der Waals surface area contributed by atoms with Crippen LogP contribution < -0.4 is 16.0 Å². The molecule has 0 spiro atoms. The molecule has 0 aliphatic rings. The van der Waals surface area contributed by atoms with Crippen LogP contribution in [0.5, 0.6) is 0 Å². The van der Waals surface area contributed by atoms with Gasteiger partial charge in [0.25, 0.3) is 0 Å². The molecule has 0 heterocycles. The van der Waals surface area contributed by atoms with Crippen molar-refractivity contribution in [2.45, 2.75) is 6.92 Å². The number of amides is 3. The van der Waals surface area contributed by atoms with Crippen molar-refractivity contribution in [3.8, 4) is 0 Å². The summed E-state index contributed by atoms with van der Waals surface area (Å²) in [5.41, 5.74) is 8.11. The molecule has 0 aliphatic carbocycles. The molecule has 31 heavy (non-hydrogen) atoms. The van der Waals surface area contributed by atoms with E-state index in [-0.39, 0.29) is 5.91 Å². The van der Waals surface area contributed by atoms with Gasteiger partial charge in [0.05, 0.1) is 22.1 Å². The molecule has 3 amide bonds. The van der Waals surface area contributed by atoms with Crippen molar-refractivity contribution >= 4 is 52.2 Å². The first kappa shape index (κ1) is 23.9. The number of rotatable bonds is 4. The largest absolute Gasteiger partial charge is 0.351 e. The number of primary amides is 1. The smallest absolute Gasteiger partial charge is 0.316 e. The second kappa shape index (κ2) is 11.2.